The molecule has 0 bridgehead atoms. The second-order valence-corrected chi connectivity index (χ2v) is 5.85. The summed E-state index contributed by atoms with van der Waals surface area (Å²) in [6.45, 7) is 7.63. The largest absolute Gasteiger partial charge is 0.463 e. The summed E-state index contributed by atoms with van der Waals surface area (Å²) in [6, 6.07) is 9.21. The van der Waals surface area contributed by atoms with Crippen molar-refractivity contribution in [1.82, 2.24) is 0 Å². The zero-order chi connectivity index (χ0) is 15.2. The first-order chi connectivity index (χ1) is 9.36. The number of esters is 1. The molecule has 20 heavy (non-hydrogen) atoms. The van der Waals surface area contributed by atoms with Crippen LogP contribution in [0.4, 0.5) is 0 Å². The summed E-state index contributed by atoms with van der Waals surface area (Å²) in [5.74, 6) is -0.155. The van der Waals surface area contributed by atoms with E-state index < -0.39 is 0 Å². The molecule has 1 aromatic rings. The molecule has 0 fully saturated rings. The summed E-state index contributed by atoms with van der Waals surface area (Å²) in [6.07, 6.45) is 1.29. The summed E-state index contributed by atoms with van der Waals surface area (Å²) in [4.78, 5) is 24.1. The predicted molar refractivity (Wildman–Crippen MR) is 79.6 cm³/mol. The van der Waals surface area contributed by atoms with Gasteiger partial charge in [-0.05, 0) is 25.7 Å². The Hall–Kier alpha value is -1.64. The van der Waals surface area contributed by atoms with Gasteiger partial charge in [-0.15, -0.1) is 0 Å². The Labute approximate surface area is 121 Å². The molecule has 0 saturated carbocycles. The van der Waals surface area contributed by atoms with Crippen molar-refractivity contribution in [1.29, 1.82) is 0 Å². The average molecular weight is 276 g/mol. The van der Waals surface area contributed by atoms with E-state index in [9.17, 15) is 9.59 Å². The summed E-state index contributed by atoms with van der Waals surface area (Å²) in [7, 11) is 0. The van der Waals surface area contributed by atoms with Gasteiger partial charge in [0.2, 0.25) is 0 Å². The molecule has 0 saturated heterocycles. The van der Waals surface area contributed by atoms with E-state index in [0.717, 1.165) is 6.42 Å². The Bertz CT molecular complexity index is 451. The molecule has 3 nitrogen and oxygen atoms in total. The van der Waals surface area contributed by atoms with E-state index >= 15 is 0 Å². The molecule has 0 heterocycles. The fourth-order valence-electron chi connectivity index (χ4n) is 2.08. The minimum atomic E-state index is -0.348. The van der Waals surface area contributed by atoms with Gasteiger partial charge in [-0.1, -0.05) is 44.2 Å². The minimum absolute atomic E-state index is 0.0762. The maximum atomic E-state index is 12.3. The predicted octanol–water partition coefficient (Wildman–Crippen LogP) is 4.02. The van der Waals surface area contributed by atoms with Crippen LogP contribution in [0.5, 0.6) is 0 Å². The van der Waals surface area contributed by atoms with Gasteiger partial charge in [0.05, 0.1) is 12.5 Å². The first-order valence-corrected chi connectivity index (χ1v) is 7.14. The molecule has 0 aliphatic heterocycles. The molecule has 0 aliphatic carbocycles. The molecule has 0 aliphatic rings. The molecule has 1 atom stereocenters. The Kier molecular flexibility index (Phi) is 5.93. The van der Waals surface area contributed by atoms with Crippen LogP contribution in [-0.4, -0.2) is 17.9 Å². The molecule has 0 amide bonds. The average Bonchev–Trinajstić information content (AvgIpc) is 2.38. The lowest BCUT2D eigenvalue weighted by molar-refractivity contribution is -0.150. The standard InChI is InChI=1S/C17H24O3/c1-5-17(4,12-16(19)20-13(2)3)11-15(18)14-9-7-6-8-10-14/h6-10,13H,5,11-12H2,1-4H3/t17-/m0/s1. The Morgan fingerprint density at radius 1 is 1.15 bits per heavy atom. The van der Waals surface area contributed by atoms with Crippen LogP contribution in [0, 0.1) is 5.41 Å². The molecule has 0 radical (unpaired) electrons. The smallest absolute Gasteiger partial charge is 0.306 e. The van der Waals surface area contributed by atoms with Gasteiger partial charge in [0, 0.05) is 12.0 Å². The number of ether oxygens (including phenoxy) is 1. The Morgan fingerprint density at radius 3 is 2.25 bits per heavy atom. The molecular formula is C17H24O3. The van der Waals surface area contributed by atoms with E-state index in [2.05, 4.69) is 0 Å². The maximum Gasteiger partial charge on any atom is 0.306 e. The summed E-state index contributed by atoms with van der Waals surface area (Å²) in [5.41, 5.74) is 0.350. The third-order valence-electron chi connectivity index (χ3n) is 3.47. The number of ketones is 1. The van der Waals surface area contributed by atoms with Crippen LogP contribution in [-0.2, 0) is 9.53 Å². The Morgan fingerprint density at radius 2 is 1.75 bits per heavy atom. The number of rotatable bonds is 7. The van der Waals surface area contributed by atoms with Crippen LogP contribution in [0.1, 0.15) is 57.3 Å². The van der Waals surface area contributed by atoms with Gasteiger partial charge < -0.3 is 4.74 Å². The van der Waals surface area contributed by atoms with Gasteiger partial charge >= 0.3 is 5.97 Å². The van der Waals surface area contributed by atoms with E-state index in [0.29, 0.717) is 12.0 Å². The number of hydrogen-bond acceptors (Lipinski definition) is 3. The molecule has 0 aromatic heterocycles. The lowest BCUT2D eigenvalue weighted by Crippen LogP contribution is -2.26. The lowest BCUT2D eigenvalue weighted by atomic mass is 9.78. The third-order valence-corrected chi connectivity index (χ3v) is 3.47. The van der Waals surface area contributed by atoms with Crippen molar-refractivity contribution in [3.63, 3.8) is 0 Å². The van der Waals surface area contributed by atoms with Crippen LogP contribution in [0.25, 0.3) is 0 Å². The van der Waals surface area contributed by atoms with E-state index in [1.807, 2.05) is 58.0 Å². The van der Waals surface area contributed by atoms with Gasteiger partial charge in [-0.3, -0.25) is 9.59 Å². The molecule has 0 unspecified atom stereocenters. The number of carbonyl (C=O) groups is 2. The highest BCUT2D eigenvalue weighted by Crippen LogP contribution is 2.32. The highest BCUT2D eigenvalue weighted by molar-refractivity contribution is 5.96. The molecular weight excluding hydrogens is 252 g/mol. The molecule has 0 spiro atoms. The summed E-state index contributed by atoms with van der Waals surface area (Å²) >= 11 is 0. The minimum Gasteiger partial charge on any atom is -0.463 e. The highest BCUT2D eigenvalue weighted by atomic mass is 16.5. The number of Topliss-reactive ketones (excluding diaryl/α,β-unsaturated/α-hetero) is 1. The van der Waals surface area contributed by atoms with Crippen LogP contribution in [0.15, 0.2) is 30.3 Å². The van der Waals surface area contributed by atoms with E-state index in [1.54, 1.807) is 0 Å². The van der Waals surface area contributed by atoms with Gasteiger partial charge in [0.15, 0.2) is 5.78 Å². The van der Waals surface area contributed by atoms with Crippen molar-refractivity contribution in [2.24, 2.45) is 5.41 Å². The highest BCUT2D eigenvalue weighted by Gasteiger charge is 2.30. The fourth-order valence-corrected chi connectivity index (χ4v) is 2.08. The molecule has 110 valence electrons. The van der Waals surface area contributed by atoms with Crippen molar-refractivity contribution in [3.05, 3.63) is 35.9 Å². The van der Waals surface area contributed by atoms with Gasteiger partial charge in [0.1, 0.15) is 0 Å². The summed E-state index contributed by atoms with van der Waals surface area (Å²) < 4.78 is 5.18. The van der Waals surface area contributed by atoms with Crippen LogP contribution in [0.2, 0.25) is 0 Å². The SMILES string of the molecule is CC[C@](C)(CC(=O)OC(C)C)CC(=O)c1ccccc1. The first kappa shape index (κ1) is 16.4. The normalized spacial score (nSPS) is 13.8. The maximum absolute atomic E-state index is 12.3. The lowest BCUT2D eigenvalue weighted by Gasteiger charge is -2.26. The van der Waals surface area contributed by atoms with Crippen molar-refractivity contribution in [2.45, 2.75) is 53.1 Å². The van der Waals surface area contributed by atoms with E-state index in [1.165, 1.54) is 0 Å². The quantitative estimate of drug-likeness (QED) is 0.558. The second-order valence-electron chi connectivity index (χ2n) is 5.85. The Balaban J connectivity index is 2.70. The molecule has 1 rings (SSSR count). The van der Waals surface area contributed by atoms with Crippen molar-refractivity contribution >= 4 is 11.8 Å². The molecule has 1 aromatic carbocycles. The van der Waals surface area contributed by atoms with Crippen molar-refractivity contribution in [2.75, 3.05) is 0 Å². The van der Waals surface area contributed by atoms with Gasteiger partial charge in [-0.2, -0.15) is 0 Å². The zero-order valence-corrected chi connectivity index (χ0v) is 12.8. The van der Waals surface area contributed by atoms with Crippen molar-refractivity contribution < 1.29 is 14.3 Å². The van der Waals surface area contributed by atoms with E-state index in [-0.39, 0.29) is 29.7 Å². The monoisotopic (exact) mass is 276 g/mol. The first-order valence-electron chi connectivity index (χ1n) is 7.14. The van der Waals surface area contributed by atoms with E-state index in [4.69, 9.17) is 4.74 Å². The topological polar surface area (TPSA) is 43.4 Å². The van der Waals surface area contributed by atoms with Gasteiger partial charge in [-0.25, -0.2) is 0 Å². The zero-order valence-electron chi connectivity index (χ0n) is 12.8. The number of carbonyl (C=O) groups excluding carboxylic acids is 2. The van der Waals surface area contributed by atoms with Crippen molar-refractivity contribution in [3.8, 4) is 0 Å². The second kappa shape index (κ2) is 7.22. The number of hydrogen-bond donors (Lipinski definition) is 0. The van der Waals surface area contributed by atoms with Crippen LogP contribution in [0.3, 0.4) is 0 Å². The summed E-state index contributed by atoms with van der Waals surface area (Å²) in [5, 5.41) is 0. The fraction of sp³-hybridized carbons (Fsp3) is 0.529. The van der Waals surface area contributed by atoms with Gasteiger partial charge in [0.25, 0.3) is 0 Å². The van der Waals surface area contributed by atoms with Crippen LogP contribution < -0.4 is 0 Å². The number of benzene rings is 1. The molecule has 3 heteroatoms. The molecule has 0 N–H and O–H groups in total. The van der Waals surface area contributed by atoms with Crippen LogP contribution >= 0.6 is 0 Å². The third kappa shape index (κ3) is 5.16.